The summed E-state index contributed by atoms with van der Waals surface area (Å²) in [5, 5.41) is 21.1. The smallest absolute Gasteiger partial charge is 0.238 e. The van der Waals surface area contributed by atoms with Crippen LogP contribution in [0.15, 0.2) is 23.2 Å². The van der Waals surface area contributed by atoms with E-state index in [-0.39, 0.29) is 10.8 Å². The van der Waals surface area contributed by atoms with Crippen molar-refractivity contribution in [2.75, 3.05) is 10.6 Å². The van der Waals surface area contributed by atoms with Crippen molar-refractivity contribution >= 4 is 27.5 Å². The van der Waals surface area contributed by atoms with E-state index in [1.807, 2.05) is 0 Å². The summed E-state index contributed by atoms with van der Waals surface area (Å²) in [5.74, 6) is 0.771. The topological polar surface area (TPSA) is 134 Å². The van der Waals surface area contributed by atoms with Gasteiger partial charge < -0.3 is 10.6 Å². The van der Waals surface area contributed by atoms with Crippen LogP contribution in [0, 0.1) is 25.2 Å². The zero-order valence-electron chi connectivity index (χ0n) is 16.0. The first-order chi connectivity index (χ1) is 13.3. The fourth-order valence-corrected chi connectivity index (χ4v) is 4.65. The summed E-state index contributed by atoms with van der Waals surface area (Å²) in [6.07, 6.45) is 7.12. The second kappa shape index (κ2) is 8.12. The SMILES string of the molecule is Cc1ccc(Nc2ncc(C#N)c(NC3CCCCC3)n2)c(C)c1S(N)(=O)=O. The van der Waals surface area contributed by atoms with Gasteiger partial charge >= 0.3 is 0 Å². The van der Waals surface area contributed by atoms with E-state index in [2.05, 4.69) is 26.7 Å². The molecule has 0 saturated heterocycles. The van der Waals surface area contributed by atoms with Crippen molar-refractivity contribution in [2.24, 2.45) is 5.14 Å². The first kappa shape index (κ1) is 20.0. The molecule has 1 aromatic heterocycles. The standard InChI is InChI=1S/C19H24N6O2S/c1-12-8-9-16(13(2)17(12)28(21,26)27)24-19-22-11-14(10-20)18(25-19)23-15-6-4-3-5-7-15/h8-9,11,15H,3-7H2,1-2H3,(H2,21,26,27)(H2,22,23,24,25). The number of aryl methyl sites for hydroxylation is 1. The maximum Gasteiger partial charge on any atom is 0.238 e. The van der Waals surface area contributed by atoms with Gasteiger partial charge in [0.05, 0.1) is 11.1 Å². The predicted molar refractivity (Wildman–Crippen MR) is 108 cm³/mol. The summed E-state index contributed by atoms with van der Waals surface area (Å²) in [6.45, 7) is 3.38. The minimum atomic E-state index is -3.85. The molecule has 1 aromatic carbocycles. The quantitative estimate of drug-likeness (QED) is 0.702. The average Bonchev–Trinajstić information content (AvgIpc) is 2.64. The van der Waals surface area contributed by atoms with Gasteiger partial charge in [0.15, 0.2) is 0 Å². The largest absolute Gasteiger partial charge is 0.366 e. The number of sulfonamides is 1. The van der Waals surface area contributed by atoms with Gasteiger partial charge in [0, 0.05) is 11.7 Å². The third kappa shape index (κ3) is 4.40. The van der Waals surface area contributed by atoms with Crippen molar-refractivity contribution in [1.29, 1.82) is 5.26 Å². The minimum absolute atomic E-state index is 0.0895. The number of aromatic nitrogens is 2. The van der Waals surface area contributed by atoms with Gasteiger partial charge in [-0.15, -0.1) is 0 Å². The van der Waals surface area contributed by atoms with Crippen LogP contribution in [-0.4, -0.2) is 24.4 Å². The molecule has 1 aliphatic rings. The lowest BCUT2D eigenvalue weighted by molar-refractivity contribution is 0.462. The van der Waals surface area contributed by atoms with Gasteiger partial charge in [-0.25, -0.2) is 18.5 Å². The summed E-state index contributed by atoms with van der Waals surface area (Å²) >= 11 is 0. The molecule has 28 heavy (non-hydrogen) atoms. The average molecular weight is 401 g/mol. The summed E-state index contributed by atoms with van der Waals surface area (Å²) < 4.78 is 23.8. The molecular formula is C19H24N6O2S. The van der Waals surface area contributed by atoms with E-state index in [4.69, 9.17) is 5.14 Å². The van der Waals surface area contributed by atoms with Crippen molar-refractivity contribution in [2.45, 2.75) is 56.9 Å². The highest BCUT2D eigenvalue weighted by Gasteiger charge is 2.19. The number of primary sulfonamides is 1. The molecule has 0 unspecified atom stereocenters. The fourth-order valence-electron chi connectivity index (χ4n) is 3.59. The van der Waals surface area contributed by atoms with Crippen LogP contribution in [0.3, 0.4) is 0 Å². The van der Waals surface area contributed by atoms with Crippen LogP contribution in [0.1, 0.15) is 48.8 Å². The third-order valence-electron chi connectivity index (χ3n) is 4.99. The number of hydrogen-bond donors (Lipinski definition) is 3. The summed E-state index contributed by atoms with van der Waals surface area (Å²) in [7, 11) is -3.85. The Labute approximate surface area is 165 Å². The van der Waals surface area contributed by atoms with Crippen molar-refractivity contribution in [3.05, 3.63) is 35.0 Å². The Balaban J connectivity index is 1.91. The van der Waals surface area contributed by atoms with E-state index in [9.17, 15) is 13.7 Å². The van der Waals surface area contributed by atoms with Crippen LogP contribution >= 0.6 is 0 Å². The van der Waals surface area contributed by atoms with Crippen LogP contribution in [0.25, 0.3) is 0 Å². The molecule has 148 valence electrons. The number of rotatable bonds is 5. The first-order valence-corrected chi connectivity index (χ1v) is 10.8. The van der Waals surface area contributed by atoms with Gasteiger partial charge in [-0.1, -0.05) is 25.3 Å². The third-order valence-corrected chi connectivity index (χ3v) is 6.19. The number of anilines is 3. The molecule has 1 heterocycles. The van der Waals surface area contributed by atoms with Gasteiger partial charge in [0.1, 0.15) is 17.5 Å². The van der Waals surface area contributed by atoms with Crippen molar-refractivity contribution < 1.29 is 8.42 Å². The van der Waals surface area contributed by atoms with Gasteiger partial charge in [-0.2, -0.15) is 10.2 Å². The van der Waals surface area contributed by atoms with Gasteiger partial charge in [0.25, 0.3) is 0 Å². The molecule has 3 rings (SSSR count). The molecule has 0 atom stereocenters. The van der Waals surface area contributed by atoms with Gasteiger partial charge in [0.2, 0.25) is 16.0 Å². The lowest BCUT2D eigenvalue weighted by atomic mass is 9.95. The van der Waals surface area contributed by atoms with E-state index in [1.54, 1.807) is 26.0 Å². The highest BCUT2D eigenvalue weighted by Crippen LogP contribution is 2.28. The van der Waals surface area contributed by atoms with Crippen LogP contribution in [0.4, 0.5) is 17.5 Å². The molecular weight excluding hydrogens is 376 g/mol. The molecule has 0 spiro atoms. The van der Waals surface area contributed by atoms with Crippen molar-refractivity contribution in [1.82, 2.24) is 9.97 Å². The van der Waals surface area contributed by atoms with Crippen LogP contribution in [0.5, 0.6) is 0 Å². The van der Waals surface area contributed by atoms with E-state index >= 15 is 0 Å². The Kier molecular flexibility index (Phi) is 5.82. The normalized spacial score (nSPS) is 15.1. The van der Waals surface area contributed by atoms with Crippen molar-refractivity contribution in [3.63, 3.8) is 0 Å². The number of benzene rings is 1. The van der Waals surface area contributed by atoms with E-state index in [0.717, 1.165) is 25.7 Å². The zero-order valence-corrected chi connectivity index (χ0v) is 16.8. The molecule has 1 fully saturated rings. The second-order valence-electron chi connectivity index (χ2n) is 7.10. The molecule has 0 aliphatic heterocycles. The summed E-state index contributed by atoms with van der Waals surface area (Å²) in [6, 6.07) is 5.84. The summed E-state index contributed by atoms with van der Waals surface area (Å²) in [4.78, 5) is 8.73. The lowest BCUT2D eigenvalue weighted by Gasteiger charge is -2.23. The Morgan fingerprint density at radius 3 is 2.57 bits per heavy atom. The van der Waals surface area contributed by atoms with Crippen LogP contribution < -0.4 is 15.8 Å². The van der Waals surface area contributed by atoms with Crippen molar-refractivity contribution in [3.8, 4) is 6.07 Å². The Morgan fingerprint density at radius 2 is 1.93 bits per heavy atom. The molecule has 9 heteroatoms. The molecule has 1 saturated carbocycles. The number of nitrogens with zero attached hydrogens (tertiary/aromatic N) is 3. The van der Waals surface area contributed by atoms with E-state index in [1.165, 1.54) is 12.6 Å². The lowest BCUT2D eigenvalue weighted by Crippen LogP contribution is -2.23. The fraction of sp³-hybridized carbons (Fsp3) is 0.421. The maximum absolute atomic E-state index is 11.9. The first-order valence-electron chi connectivity index (χ1n) is 9.23. The second-order valence-corrected chi connectivity index (χ2v) is 8.60. The molecule has 0 amide bonds. The van der Waals surface area contributed by atoms with E-state index in [0.29, 0.717) is 34.2 Å². The molecule has 8 nitrogen and oxygen atoms in total. The zero-order chi connectivity index (χ0) is 20.3. The molecule has 0 bridgehead atoms. The number of hydrogen-bond acceptors (Lipinski definition) is 7. The number of nitrogens with one attached hydrogen (secondary N) is 2. The summed E-state index contributed by atoms with van der Waals surface area (Å²) in [5.41, 5.74) is 1.99. The monoisotopic (exact) mass is 400 g/mol. The Hall–Kier alpha value is -2.70. The minimum Gasteiger partial charge on any atom is -0.366 e. The maximum atomic E-state index is 11.9. The molecule has 0 radical (unpaired) electrons. The highest BCUT2D eigenvalue weighted by molar-refractivity contribution is 7.89. The molecule has 2 aromatic rings. The van der Waals surface area contributed by atoms with Gasteiger partial charge in [-0.05, 0) is 43.9 Å². The Bertz CT molecular complexity index is 1020. The van der Waals surface area contributed by atoms with Crippen LogP contribution in [0.2, 0.25) is 0 Å². The highest BCUT2D eigenvalue weighted by atomic mass is 32.2. The molecule has 4 N–H and O–H groups in total. The Morgan fingerprint density at radius 1 is 1.21 bits per heavy atom. The van der Waals surface area contributed by atoms with Crippen LogP contribution in [-0.2, 0) is 10.0 Å². The number of nitrogens with two attached hydrogens (primary N) is 1. The van der Waals surface area contributed by atoms with Gasteiger partial charge in [-0.3, -0.25) is 0 Å². The predicted octanol–water partition coefficient (Wildman–Crippen LogP) is 3.10. The number of nitriles is 1. The van der Waals surface area contributed by atoms with E-state index < -0.39 is 10.0 Å². The molecule has 1 aliphatic carbocycles.